The summed E-state index contributed by atoms with van der Waals surface area (Å²) in [5.41, 5.74) is 8.08. The zero-order chi connectivity index (χ0) is 22.5. The van der Waals surface area contributed by atoms with Gasteiger partial charge in [-0.15, -0.1) is 0 Å². The van der Waals surface area contributed by atoms with E-state index in [4.69, 9.17) is 5.73 Å². The van der Waals surface area contributed by atoms with Gasteiger partial charge in [-0.1, -0.05) is 0 Å². The Morgan fingerprint density at radius 2 is 2.03 bits per heavy atom. The summed E-state index contributed by atoms with van der Waals surface area (Å²) in [6.45, 7) is 2.85. The fourth-order valence-electron chi connectivity index (χ4n) is 4.70. The number of aromatic nitrogens is 2. The maximum atomic E-state index is 14.5. The Morgan fingerprint density at radius 1 is 1.29 bits per heavy atom. The number of rotatable bonds is 5. The minimum Gasteiger partial charge on any atom is -0.326 e. The summed E-state index contributed by atoms with van der Waals surface area (Å²) < 4.78 is 66.7. The highest BCUT2D eigenvalue weighted by atomic mass is 32.2. The number of nitrogens with zero attached hydrogens (tertiary/aromatic N) is 4. The molecule has 2 aliphatic heterocycles. The van der Waals surface area contributed by atoms with Crippen molar-refractivity contribution in [3.8, 4) is 0 Å². The van der Waals surface area contributed by atoms with Crippen molar-refractivity contribution in [1.29, 1.82) is 0 Å². The minimum absolute atomic E-state index is 0.0458. The zero-order valence-electron chi connectivity index (χ0n) is 17.4. The number of halogens is 3. The Bertz CT molecular complexity index is 1050. The molecule has 2 aliphatic rings. The SMILES string of the molecule is C[C@H](F)CN1CC(N2Cc3cn(S(C)(=O)=O)nc3C2)C[C@H](N)[C@H]1c1cc(F)ccc1F. The molecule has 1 fully saturated rings. The Hall–Kier alpha value is -1.95. The largest absolute Gasteiger partial charge is 0.326 e. The number of alkyl halides is 1. The lowest BCUT2D eigenvalue weighted by Crippen LogP contribution is -2.56. The molecule has 4 atom stereocenters. The highest BCUT2D eigenvalue weighted by Gasteiger charge is 2.41. The lowest BCUT2D eigenvalue weighted by molar-refractivity contribution is 0.0287. The van der Waals surface area contributed by atoms with Gasteiger partial charge in [-0.3, -0.25) is 9.80 Å². The molecule has 0 radical (unpaired) electrons. The first-order valence-electron chi connectivity index (χ1n) is 10.1. The van der Waals surface area contributed by atoms with Crippen molar-refractivity contribution < 1.29 is 21.6 Å². The summed E-state index contributed by atoms with van der Waals surface area (Å²) in [7, 11) is -3.45. The lowest BCUT2D eigenvalue weighted by Gasteiger charge is -2.46. The molecule has 0 bridgehead atoms. The monoisotopic (exact) mass is 457 g/mol. The molecule has 1 unspecified atom stereocenters. The predicted molar refractivity (Wildman–Crippen MR) is 109 cm³/mol. The summed E-state index contributed by atoms with van der Waals surface area (Å²) in [5.74, 6) is -1.13. The van der Waals surface area contributed by atoms with Gasteiger partial charge in [0, 0.05) is 55.6 Å². The average molecular weight is 458 g/mol. The van der Waals surface area contributed by atoms with Gasteiger partial charge in [0.15, 0.2) is 0 Å². The number of likely N-dealkylation sites (tertiary alicyclic amines) is 1. The lowest BCUT2D eigenvalue weighted by atomic mass is 9.87. The quantitative estimate of drug-likeness (QED) is 0.737. The summed E-state index contributed by atoms with van der Waals surface area (Å²) in [4.78, 5) is 3.91. The predicted octanol–water partition coefficient (Wildman–Crippen LogP) is 1.79. The van der Waals surface area contributed by atoms with Crippen LogP contribution in [0.25, 0.3) is 0 Å². The molecule has 2 aromatic rings. The number of fused-ring (bicyclic) bond motifs is 1. The summed E-state index contributed by atoms with van der Waals surface area (Å²) >= 11 is 0. The number of benzene rings is 1. The van der Waals surface area contributed by atoms with Crippen LogP contribution in [0.2, 0.25) is 0 Å². The highest BCUT2D eigenvalue weighted by Crippen LogP contribution is 2.36. The first-order valence-corrected chi connectivity index (χ1v) is 12.0. The van der Waals surface area contributed by atoms with E-state index in [9.17, 15) is 21.6 Å². The van der Waals surface area contributed by atoms with Crippen molar-refractivity contribution >= 4 is 10.0 Å². The molecule has 3 heterocycles. The van der Waals surface area contributed by atoms with Gasteiger partial charge in [-0.25, -0.2) is 21.6 Å². The summed E-state index contributed by atoms with van der Waals surface area (Å²) in [6.07, 6.45) is 1.95. The van der Waals surface area contributed by atoms with Crippen LogP contribution >= 0.6 is 0 Å². The molecule has 1 saturated heterocycles. The van der Waals surface area contributed by atoms with Crippen LogP contribution in [0.3, 0.4) is 0 Å². The molecule has 170 valence electrons. The third-order valence-corrected chi connectivity index (χ3v) is 6.86. The Kier molecular flexibility index (Phi) is 5.88. The van der Waals surface area contributed by atoms with E-state index in [1.54, 1.807) is 4.90 Å². The van der Waals surface area contributed by atoms with E-state index in [-0.39, 0.29) is 18.2 Å². The molecular weight excluding hydrogens is 431 g/mol. The van der Waals surface area contributed by atoms with Crippen LogP contribution in [-0.2, 0) is 23.1 Å². The van der Waals surface area contributed by atoms with E-state index in [0.29, 0.717) is 31.7 Å². The minimum atomic E-state index is -3.45. The molecule has 0 aliphatic carbocycles. The molecule has 0 amide bonds. The van der Waals surface area contributed by atoms with E-state index in [1.807, 2.05) is 0 Å². The number of hydrogen-bond donors (Lipinski definition) is 1. The zero-order valence-corrected chi connectivity index (χ0v) is 18.2. The van der Waals surface area contributed by atoms with Crippen LogP contribution in [-0.4, -0.2) is 65.0 Å². The van der Waals surface area contributed by atoms with Crippen molar-refractivity contribution in [3.63, 3.8) is 0 Å². The standard InChI is InChI=1S/C20H26F3N5O2S/c1-12(21)7-27-10-15(6-18(24)20(27)16-5-14(22)3-4-17(16)23)26-8-13-9-28(31(2,29)30)25-19(13)11-26/h3-5,9,12,15,18,20H,6-8,10-11,24H2,1-2H3/t12-,15?,18-,20+/m0/s1. The molecule has 0 saturated carbocycles. The third kappa shape index (κ3) is 4.50. The van der Waals surface area contributed by atoms with Crippen LogP contribution in [0, 0.1) is 11.6 Å². The van der Waals surface area contributed by atoms with Gasteiger partial charge in [0.1, 0.15) is 17.8 Å². The average Bonchev–Trinajstić information content (AvgIpc) is 3.22. The van der Waals surface area contributed by atoms with Crippen molar-refractivity contribution in [1.82, 2.24) is 19.0 Å². The van der Waals surface area contributed by atoms with E-state index >= 15 is 0 Å². The van der Waals surface area contributed by atoms with Crippen LogP contribution in [0.4, 0.5) is 13.2 Å². The van der Waals surface area contributed by atoms with E-state index in [1.165, 1.54) is 13.1 Å². The molecular formula is C20H26F3N5O2S. The number of hydrogen-bond acceptors (Lipinski definition) is 6. The molecule has 1 aromatic carbocycles. The third-order valence-electron chi connectivity index (χ3n) is 5.99. The van der Waals surface area contributed by atoms with Crippen LogP contribution < -0.4 is 5.73 Å². The van der Waals surface area contributed by atoms with E-state index in [2.05, 4.69) is 10.00 Å². The maximum absolute atomic E-state index is 14.5. The number of nitrogens with two attached hydrogens (primary N) is 1. The Morgan fingerprint density at radius 3 is 2.68 bits per heavy atom. The smallest absolute Gasteiger partial charge is 0.250 e. The molecule has 7 nitrogen and oxygen atoms in total. The van der Waals surface area contributed by atoms with Gasteiger partial charge in [0.2, 0.25) is 0 Å². The Labute approximate surface area is 179 Å². The molecule has 2 N–H and O–H groups in total. The molecule has 1 aromatic heterocycles. The molecule has 31 heavy (non-hydrogen) atoms. The second kappa shape index (κ2) is 8.19. The Balaban J connectivity index is 1.56. The first-order chi connectivity index (χ1) is 14.5. The van der Waals surface area contributed by atoms with E-state index in [0.717, 1.165) is 34.1 Å². The van der Waals surface area contributed by atoms with Gasteiger partial charge >= 0.3 is 0 Å². The van der Waals surface area contributed by atoms with Crippen molar-refractivity contribution in [2.45, 2.75) is 50.7 Å². The molecule has 11 heteroatoms. The summed E-state index contributed by atoms with van der Waals surface area (Å²) in [5, 5.41) is 4.17. The van der Waals surface area contributed by atoms with Gasteiger partial charge in [-0.2, -0.15) is 9.19 Å². The fraction of sp³-hybridized carbons (Fsp3) is 0.550. The van der Waals surface area contributed by atoms with Gasteiger partial charge in [-0.05, 0) is 31.5 Å². The van der Waals surface area contributed by atoms with Crippen LogP contribution in [0.15, 0.2) is 24.4 Å². The second-order valence-electron chi connectivity index (χ2n) is 8.54. The molecule has 4 rings (SSSR count). The van der Waals surface area contributed by atoms with Crippen molar-refractivity contribution in [3.05, 3.63) is 52.9 Å². The van der Waals surface area contributed by atoms with Crippen LogP contribution in [0.1, 0.15) is 36.2 Å². The number of piperidine rings is 1. The van der Waals surface area contributed by atoms with Crippen LogP contribution in [0.5, 0.6) is 0 Å². The van der Waals surface area contributed by atoms with Crippen molar-refractivity contribution in [2.75, 3.05) is 19.3 Å². The van der Waals surface area contributed by atoms with E-state index < -0.39 is 39.9 Å². The normalized spacial score (nSPS) is 26.2. The maximum Gasteiger partial charge on any atom is 0.250 e. The first kappa shape index (κ1) is 22.3. The van der Waals surface area contributed by atoms with Gasteiger partial charge in [0.05, 0.1) is 18.0 Å². The van der Waals surface area contributed by atoms with Gasteiger partial charge < -0.3 is 5.73 Å². The summed E-state index contributed by atoms with van der Waals surface area (Å²) in [6, 6.07) is 2.04. The second-order valence-corrected chi connectivity index (χ2v) is 10.4. The fourth-order valence-corrected chi connectivity index (χ4v) is 5.26. The highest BCUT2D eigenvalue weighted by molar-refractivity contribution is 7.89. The van der Waals surface area contributed by atoms with Crippen molar-refractivity contribution in [2.24, 2.45) is 5.73 Å². The van der Waals surface area contributed by atoms with Gasteiger partial charge in [0.25, 0.3) is 10.0 Å². The topological polar surface area (TPSA) is 84.5 Å². The molecule has 0 spiro atoms.